The Morgan fingerprint density at radius 2 is 1.86 bits per heavy atom. The van der Waals surface area contributed by atoms with Crippen molar-refractivity contribution in [2.45, 2.75) is 65.2 Å². The highest BCUT2D eigenvalue weighted by Crippen LogP contribution is 2.42. The molecule has 0 heteroatoms. The Kier molecular flexibility index (Phi) is 3.52. The van der Waals surface area contributed by atoms with E-state index in [0.29, 0.717) is 0 Å². The zero-order valence-corrected chi connectivity index (χ0v) is 9.97. The minimum Gasteiger partial charge on any atom is -0.0622 e. The molecule has 0 saturated heterocycles. The Labute approximate surface area is 89.5 Å². The third-order valence-corrected chi connectivity index (χ3v) is 4.44. The van der Waals surface area contributed by atoms with E-state index in [-0.39, 0.29) is 0 Å². The molecule has 0 aliphatic heterocycles. The summed E-state index contributed by atoms with van der Waals surface area (Å²) in [5.41, 5.74) is 0. The van der Waals surface area contributed by atoms with Crippen molar-refractivity contribution >= 4 is 0 Å². The smallest absolute Gasteiger partial charge is 0.0386 e. The van der Waals surface area contributed by atoms with Crippen LogP contribution in [0.5, 0.6) is 0 Å². The molecule has 3 unspecified atom stereocenters. The molecule has 0 heterocycles. The van der Waals surface area contributed by atoms with Gasteiger partial charge in [-0.2, -0.15) is 0 Å². The second-order valence-electron chi connectivity index (χ2n) is 5.93. The van der Waals surface area contributed by atoms with Gasteiger partial charge in [-0.25, -0.2) is 0 Å². The molecule has 2 rings (SSSR count). The van der Waals surface area contributed by atoms with Gasteiger partial charge < -0.3 is 0 Å². The molecule has 0 nitrogen and oxygen atoms in total. The number of rotatable bonds is 7. The fourth-order valence-electron chi connectivity index (χ4n) is 2.75. The summed E-state index contributed by atoms with van der Waals surface area (Å²) in [4.78, 5) is 0. The largest absolute Gasteiger partial charge is 0.0622 e. The van der Waals surface area contributed by atoms with Crippen LogP contribution in [0.4, 0.5) is 0 Å². The van der Waals surface area contributed by atoms with Crippen molar-refractivity contribution in [3.05, 3.63) is 0 Å². The number of unbranched alkanes of at least 4 members (excludes halogenated alkanes) is 2. The molecule has 3 atom stereocenters. The van der Waals surface area contributed by atoms with Crippen LogP contribution >= 0.6 is 0 Å². The molecule has 0 bridgehead atoms. The Morgan fingerprint density at radius 1 is 1.14 bits per heavy atom. The number of hydrogen-bond acceptors (Lipinski definition) is 0. The van der Waals surface area contributed by atoms with Gasteiger partial charge in [0.25, 0.3) is 0 Å². The third kappa shape index (κ3) is 3.29. The monoisotopic (exact) mass is 194 g/mol. The van der Waals surface area contributed by atoms with E-state index in [9.17, 15) is 0 Å². The summed E-state index contributed by atoms with van der Waals surface area (Å²) in [5.74, 6) is 4.35. The van der Waals surface area contributed by atoms with E-state index in [1.807, 2.05) is 0 Å². The highest BCUT2D eigenvalue weighted by Gasteiger charge is 2.31. The fraction of sp³-hybridized carbons (Fsp3) is 1.00. The molecule has 2 aliphatic carbocycles. The Morgan fingerprint density at radius 3 is 2.43 bits per heavy atom. The average molecular weight is 194 g/mol. The predicted molar refractivity (Wildman–Crippen MR) is 62.2 cm³/mol. The van der Waals surface area contributed by atoms with Gasteiger partial charge in [-0.15, -0.1) is 0 Å². The van der Waals surface area contributed by atoms with E-state index in [1.165, 1.54) is 51.4 Å². The highest BCUT2D eigenvalue weighted by molar-refractivity contribution is 4.82. The van der Waals surface area contributed by atoms with Crippen LogP contribution in [0.15, 0.2) is 0 Å². The van der Waals surface area contributed by atoms with Crippen LogP contribution in [-0.4, -0.2) is 0 Å². The van der Waals surface area contributed by atoms with E-state index < -0.39 is 0 Å². The van der Waals surface area contributed by atoms with Crippen LogP contribution in [0.25, 0.3) is 0 Å². The van der Waals surface area contributed by atoms with E-state index in [2.05, 4.69) is 13.8 Å². The summed E-state index contributed by atoms with van der Waals surface area (Å²) < 4.78 is 0. The van der Waals surface area contributed by atoms with E-state index in [4.69, 9.17) is 0 Å². The van der Waals surface area contributed by atoms with Gasteiger partial charge in [0.2, 0.25) is 0 Å². The first kappa shape index (κ1) is 10.5. The van der Waals surface area contributed by atoms with Gasteiger partial charge in [-0.1, -0.05) is 46.0 Å². The van der Waals surface area contributed by atoms with Gasteiger partial charge in [0.05, 0.1) is 0 Å². The number of hydrogen-bond donors (Lipinski definition) is 0. The van der Waals surface area contributed by atoms with Crippen molar-refractivity contribution in [3.8, 4) is 0 Å². The Balaban J connectivity index is 1.39. The summed E-state index contributed by atoms with van der Waals surface area (Å²) in [5, 5.41) is 0. The van der Waals surface area contributed by atoms with Crippen LogP contribution < -0.4 is 0 Å². The van der Waals surface area contributed by atoms with Crippen LogP contribution in [-0.2, 0) is 0 Å². The van der Waals surface area contributed by atoms with Crippen molar-refractivity contribution in [2.24, 2.45) is 23.7 Å². The van der Waals surface area contributed by atoms with Gasteiger partial charge in [-0.3, -0.25) is 0 Å². The summed E-state index contributed by atoms with van der Waals surface area (Å²) in [6.07, 6.45) is 12.1. The molecule has 0 N–H and O–H groups in total. The highest BCUT2D eigenvalue weighted by atomic mass is 14.4. The van der Waals surface area contributed by atoms with E-state index in [1.54, 1.807) is 0 Å². The zero-order chi connectivity index (χ0) is 9.97. The lowest BCUT2D eigenvalue weighted by Crippen LogP contribution is -1.96. The van der Waals surface area contributed by atoms with Crippen LogP contribution in [0.1, 0.15) is 65.2 Å². The molecular weight excluding hydrogens is 168 g/mol. The van der Waals surface area contributed by atoms with Crippen molar-refractivity contribution in [1.82, 2.24) is 0 Å². The molecule has 2 fully saturated rings. The first-order valence-electron chi connectivity index (χ1n) is 6.77. The van der Waals surface area contributed by atoms with Gasteiger partial charge in [0, 0.05) is 0 Å². The topological polar surface area (TPSA) is 0 Å². The van der Waals surface area contributed by atoms with E-state index >= 15 is 0 Å². The SMILES string of the molecule is CC(CCCCCC1CC1C)C1CC1. The molecule has 0 radical (unpaired) electrons. The summed E-state index contributed by atoms with van der Waals surface area (Å²) in [7, 11) is 0. The summed E-state index contributed by atoms with van der Waals surface area (Å²) >= 11 is 0. The van der Waals surface area contributed by atoms with E-state index in [0.717, 1.165) is 23.7 Å². The van der Waals surface area contributed by atoms with Crippen LogP contribution in [0, 0.1) is 23.7 Å². The molecule has 2 aliphatic rings. The molecule has 0 aromatic heterocycles. The van der Waals surface area contributed by atoms with Crippen LogP contribution in [0.2, 0.25) is 0 Å². The van der Waals surface area contributed by atoms with Gasteiger partial charge in [0.15, 0.2) is 0 Å². The molecular formula is C14H26. The maximum atomic E-state index is 2.46. The lowest BCUT2D eigenvalue weighted by atomic mass is 9.98. The first-order chi connectivity index (χ1) is 6.77. The predicted octanol–water partition coefficient (Wildman–Crippen LogP) is 4.64. The van der Waals surface area contributed by atoms with Gasteiger partial charge >= 0.3 is 0 Å². The summed E-state index contributed by atoms with van der Waals surface area (Å²) in [6.45, 7) is 4.86. The van der Waals surface area contributed by atoms with Crippen molar-refractivity contribution < 1.29 is 0 Å². The molecule has 0 aromatic carbocycles. The van der Waals surface area contributed by atoms with Crippen molar-refractivity contribution in [2.75, 3.05) is 0 Å². The quantitative estimate of drug-likeness (QED) is 0.518. The molecule has 0 aromatic rings. The van der Waals surface area contributed by atoms with Gasteiger partial charge in [-0.05, 0) is 42.9 Å². The van der Waals surface area contributed by atoms with Crippen LogP contribution in [0.3, 0.4) is 0 Å². The molecule has 0 spiro atoms. The van der Waals surface area contributed by atoms with Gasteiger partial charge in [0.1, 0.15) is 0 Å². The lowest BCUT2D eigenvalue weighted by molar-refractivity contribution is 0.436. The first-order valence-corrected chi connectivity index (χ1v) is 6.77. The maximum absolute atomic E-state index is 2.46. The minimum atomic E-state index is 1.04. The second kappa shape index (κ2) is 4.68. The summed E-state index contributed by atoms with van der Waals surface area (Å²) in [6, 6.07) is 0. The minimum absolute atomic E-state index is 1.04. The third-order valence-electron chi connectivity index (χ3n) is 4.44. The standard InChI is InChI=1S/C14H26/c1-11(13-8-9-13)6-4-3-5-7-14-10-12(14)2/h11-14H,3-10H2,1-2H3. The normalized spacial score (nSPS) is 33.0. The Hall–Kier alpha value is 0. The zero-order valence-electron chi connectivity index (χ0n) is 9.97. The molecule has 82 valence electrons. The molecule has 14 heavy (non-hydrogen) atoms. The molecule has 2 saturated carbocycles. The van der Waals surface area contributed by atoms with Crippen molar-refractivity contribution in [3.63, 3.8) is 0 Å². The second-order valence-corrected chi connectivity index (χ2v) is 5.93. The Bertz CT molecular complexity index is 169. The lowest BCUT2D eigenvalue weighted by Gasteiger charge is -2.08. The molecule has 0 amide bonds. The maximum Gasteiger partial charge on any atom is -0.0386 e. The average Bonchev–Trinajstić information content (AvgIpc) is 3.00. The fourth-order valence-corrected chi connectivity index (χ4v) is 2.75. The van der Waals surface area contributed by atoms with Crippen molar-refractivity contribution in [1.29, 1.82) is 0 Å².